The molecule has 3 rings (SSSR count). The fourth-order valence-corrected chi connectivity index (χ4v) is 2.51. The van der Waals surface area contributed by atoms with E-state index in [1.807, 2.05) is 0 Å². The molecule has 0 atom stereocenters. The first-order chi connectivity index (χ1) is 13.8. The quantitative estimate of drug-likeness (QED) is 0.425. The molecule has 0 spiro atoms. The van der Waals surface area contributed by atoms with Crippen molar-refractivity contribution in [1.29, 1.82) is 0 Å². The van der Waals surface area contributed by atoms with Gasteiger partial charge in [-0.05, 0) is 48.5 Å². The summed E-state index contributed by atoms with van der Waals surface area (Å²) in [5.41, 5.74) is 2.58. The number of halogens is 4. The number of hydrogen-bond donors (Lipinski definition) is 2. The lowest BCUT2D eigenvalue weighted by molar-refractivity contribution is -0.137. The number of carbonyl (C=O) groups is 1. The third-order valence-corrected chi connectivity index (χ3v) is 4.03. The Morgan fingerprint density at radius 2 is 1.86 bits per heavy atom. The Bertz CT molecular complexity index is 1010. The Balaban J connectivity index is 1.55. The SMILES string of the molecule is O=C(CNc1ccc(Cl)cc1)N/N=C/c1ccc(-c2cccc(C(F)(F)F)c2)o1. The molecular weight excluding hydrogens is 407 g/mol. The molecular formula is C20H15ClF3N3O2. The average molecular weight is 422 g/mol. The smallest absolute Gasteiger partial charge is 0.416 e. The van der Waals surface area contributed by atoms with Gasteiger partial charge in [0.05, 0.1) is 18.3 Å². The zero-order valence-corrected chi connectivity index (χ0v) is 15.6. The molecule has 9 heteroatoms. The highest BCUT2D eigenvalue weighted by atomic mass is 35.5. The molecule has 0 aliphatic rings. The normalized spacial score (nSPS) is 11.6. The topological polar surface area (TPSA) is 66.6 Å². The first-order valence-electron chi connectivity index (χ1n) is 8.40. The van der Waals surface area contributed by atoms with Gasteiger partial charge < -0.3 is 9.73 Å². The van der Waals surface area contributed by atoms with Gasteiger partial charge in [0.15, 0.2) is 0 Å². The van der Waals surface area contributed by atoms with Crippen LogP contribution in [-0.4, -0.2) is 18.7 Å². The standard InChI is InChI=1S/C20H15ClF3N3O2/c21-15-4-6-16(7-5-15)25-12-19(28)27-26-11-17-8-9-18(29-17)13-2-1-3-14(10-13)20(22,23)24/h1-11,25H,12H2,(H,27,28)/b26-11+. The summed E-state index contributed by atoms with van der Waals surface area (Å²) in [5.74, 6) is 0.150. The van der Waals surface area contributed by atoms with Crippen LogP contribution in [0, 0.1) is 0 Å². The second-order valence-corrected chi connectivity index (χ2v) is 6.37. The fraction of sp³-hybridized carbons (Fsp3) is 0.100. The number of amides is 1. The summed E-state index contributed by atoms with van der Waals surface area (Å²) in [6.07, 6.45) is -3.17. The van der Waals surface area contributed by atoms with Crippen molar-refractivity contribution in [2.75, 3.05) is 11.9 Å². The summed E-state index contributed by atoms with van der Waals surface area (Å²) in [6, 6.07) is 14.7. The van der Waals surface area contributed by atoms with Crippen molar-refractivity contribution in [2.24, 2.45) is 5.10 Å². The van der Waals surface area contributed by atoms with Crippen LogP contribution in [-0.2, 0) is 11.0 Å². The monoisotopic (exact) mass is 421 g/mol. The molecule has 0 saturated carbocycles. The lowest BCUT2D eigenvalue weighted by Gasteiger charge is -2.07. The van der Waals surface area contributed by atoms with E-state index < -0.39 is 11.7 Å². The highest BCUT2D eigenvalue weighted by Gasteiger charge is 2.30. The molecule has 1 aromatic heterocycles. The summed E-state index contributed by atoms with van der Waals surface area (Å²) in [4.78, 5) is 11.8. The summed E-state index contributed by atoms with van der Waals surface area (Å²) >= 11 is 5.78. The highest BCUT2D eigenvalue weighted by molar-refractivity contribution is 6.30. The molecule has 150 valence electrons. The number of hydrogen-bond acceptors (Lipinski definition) is 4. The second-order valence-electron chi connectivity index (χ2n) is 5.93. The summed E-state index contributed by atoms with van der Waals surface area (Å²) in [7, 11) is 0. The van der Waals surface area contributed by atoms with E-state index >= 15 is 0 Å². The Kier molecular flexibility index (Phi) is 6.23. The van der Waals surface area contributed by atoms with Crippen molar-refractivity contribution in [2.45, 2.75) is 6.18 Å². The van der Waals surface area contributed by atoms with Crippen LogP contribution in [0.15, 0.2) is 70.2 Å². The summed E-state index contributed by atoms with van der Waals surface area (Å²) in [6.45, 7) is -0.00733. The van der Waals surface area contributed by atoms with Crippen LogP contribution in [0.2, 0.25) is 5.02 Å². The molecule has 0 radical (unpaired) electrons. The molecule has 0 fully saturated rings. The molecule has 0 saturated heterocycles. The van der Waals surface area contributed by atoms with Gasteiger partial charge in [0, 0.05) is 16.3 Å². The maximum absolute atomic E-state index is 12.8. The second kappa shape index (κ2) is 8.83. The van der Waals surface area contributed by atoms with Crippen LogP contribution < -0.4 is 10.7 Å². The maximum atomic E-state index is 12.8. The lowest BCUT2D eigenvalue weighted by atomic mass is 10.1. The predicted octanol–water partition coefficient (Wildman–Crippen LogP) is 5.18. The average Bonchev–Trinajstić information content (AvgIpc) is 3.16. The first-order valence-corrected chi connectivity index (χ1v) is 8.78. The van der Waals surface area contributed by atoms with E-state index in [2.05, 4.69) is 15.8 Å². The van der Waals surface area contributed by atoms with E-state index in [4.69, 9.17) is 16.0 Å². The van der Waals surface area contributed by atoms with E-state index in [1.165, 1.54) is 30.5 Å². The van der Waals surface area contributed by atoms with Crippen LogP contribution in [0.5, 0.6) is 0 Å². The van der Waals surface area contributed by atoms with E-state index in [9.17, 15) is 18.0 Å². The van der Waals surface area contributed by atoms with Crippen molar-refractivity contribution in [3.8, 4) is 11.3 Å². The number of carbonyl (C=O) groups excluding carboxylic acids is 1. The minimum Gasteiger partial charge on any atom is -0.455 e. The Morgan fingerprint density at radius 1 is 1.10 bits per heavy atom. The van der Waals surface area contributed by atoms with Gasteiger partial charge in [-0.3, -0.25) is 4.79 Å². The predicted molar refractivity (Wildman–Crippen MR) is 105 cm³/mol. The molecule has 29 heavy (non-hydrogen) atoms. The van der Waals surface area contributed by atoms with Crippen molar-refractivity contribution in [3.63, 3.8) is 0 Å². The van der Waals surface area contributed by atoms with Gasteiger partial charge in [0.1, 0.15) is 11.5 Å². The van der Waals surface area contributed by atoms with Gasteiger partial charge in [-0.15, -0.1) is 0 Å². The van der Waals surface area contributed by atoms with Crippen LogP contribution in [0.1, 0.15) is 11.3 Å². The zero-order valence-electron chi connectivity index (χ0n) is 14.8. The third-order valence-electron chi connectivity index (χ3n) is 3.78. The van der Waals surface area contributed by atoms with E-state index in [0.29, 0.717) is 5.02 Å². The van der Waals surface area contributed by atoms with E-state index in [0.717, 1.165) is 17.8 Å². The first kappa shape index (κ1) is 20.5. The number of furan rings is 1. The van der Waals surface area contributed by atoms with Gasteiger partial charge in [0.25, 0.3) is 5.91 Å². The summed E-state index contributed by atoms with van der Waals surface area (Å²) in [5, 5.41) is 7.27. The van der Waals surface area contributed by atoms with Crippen LogP contribution in [0.25, 0.3) is 11.3 Å². The molecule has 5 nitrogen and oxygen atoms in total. The minimum atomic E-state index is -4.43. The van der Waals surface area contributed by atoms with E-state index in [1.54, 1.807) is 24.3 Å². The summed E-state index contributed by atoms with van der Waals surface area (Å²) < 4.78 is 43.9. The number of alkyl halides is 3. The largest absolute Gasteiger partial charge is 0.455 e. The molecule has 1 amide bonds. The number of rotatable bonds is 6. The van der Waals surface area contributed by atoms with Gasteiger partial charge >= 0.3 is 6.18 Å². The highest BCUT2D eigenvalue weighted by Crippen LogP contribution is 2.32. The van der Waals surface area contributed by atoms with Crippen LogP contribution in [0.3, 0.4) is 0 Å². The minimum absolute atomic E-state index is 0.00733. The maximum Gasteiger partial charge on any atom is 0.416 e. The third kappa shape index (κ3) is 5.86. The molecule has 0 bridgehead atoms. The van der Waals surface area contributed by atoms with Crippen molar-refractivity contribution >= 4 is 29.4 Å². The van der Waals surface area contributed by atoms with Gasteiger partial charge in [-0.1, -0.05) is 23.7 Å². The molecule has 3 aromatic rings. The Labute approximate surface area is 169 Å². The molecule has 2 N–H and O–H groups in total. The number of anilines is 1. The van der Waals surface area contributed by atoms with Crippen molar-refractivity contribution in [3.05, 3.63) is 77.0 Å². The van der Waals surface area contributed by atoms with Gasteiger partial charge in [0.2, 0.25) is 0 Å². The van der Waals surface area contributed by atoms with E-state index in [-0.39, 0.29) is 29.5 Å². The molecule has 0 aliphatic heterocycles. The number of benzene rings is 2. The van der Waals surface area contributed by atoms with Crippen LogP contribution >= 0.6 is 11.6 Å². The number of nitrogens with zero attached hydrogens (tertiary/aromatic N) is 1. The molecule has 0 aliphatic carbocycles. The van der Waals surface area contributed by atoms with Crippen molar-refractivity contribution in [1.82, 2.24) is 5.43 Å². The van der Waals surface area contributed by atoms with Gasteiger partial charge in [-0.25, -0.2) is 5.43 Å². The zero-order chi connectivity index (χ0) is 20.9. The number of hydrazone groups is 1. The molecule has 1 heterocycles. The van der Waals surface area contributed by atoms with Crippen molar-refractivity contribution < 1.29 is 22.4 Å². The van der Waals surface area contributed by atoms with Gasteiger partial charge in [-0.2, -0.15) is 18.3 Å². The molecule has 2 aromatic carbocycles. The fourth-order valence-electron chi connectivity index (χ4n) is 2.38. The molecule has 0 unspecified atom stereocenters. The number of nitrogens with one attached hydrogen (secondary N) is 2. The Hall–Kier alpha value is -3.26. The van der Waals surface area contributed by atoms with Crippen LogP contribution in [0.4, 0.5) is 18.9 Å². The Morgan fingerprint density at radius 3 is 2.59 bits per heavy atom. The lowest BCUT2D eigenvalue weighted by Crippen LogP contribution is -2.25.